The summed E-state index contributed by atoms with van der Waals surface area (Å²) in [7, 11) is -1.60. The molecule has 0 spiro atoms. The van der Waals surface area contributed by atoms with Gasteiger partial charge in [0.25, 0.3) is 5.91 Å². The quantitative estimate of drug-likeness (QED) is 0.759. The largest absolute Gasteiger partial charge is 0.351 e. The van der Waals surface area contributed by atoms with Crippen molar-refractivity contribution in [1.82, 2.24) is 14.6 Å². The van der Waals surface area contributed by atoms with Crippen LogP contribution in [0.3, 0.4) is 0 Å². The Morgan fingerprint density at radius 1 is 1.32 bits per heavy atom. The van der Waals surface area contributed by atoms with Gasteiger partial charge >= 0.3 is 0 Å². The molecule has 6 nitrogen and oxygen atoms in total. The number of rotatable bonds is 7. The number of carbonyl (C=O) groups excluding carboxylic acids is 1. The average Bonchev–Trinajstić information content (AvgIpc) is 2.95. The maximum atomic E-state index is 12.0. The van der Waals surface area contributed by atoms with Crippen molar-refractivity contribution < 1.29 is 13.2 Å². The number of nitrogens with one attached hydrogen (secondary N) is 2. The average molecular weight is 323 g/mol. The second kappa shape index (κ2) is 6.93. The van der Waals surface area contributed by atoms with Gasteiger partial charge < -0.3 is 10.3 Å². The first kappa shape index (κ1) is 16.5. The molecule has 2 aromatic rings. The summed E-state index contributed by atoms with van der Waals surface area (Å²) in [4.78, 5) is 15.1. The number of aromatic amines is 1. The fraction of sp³-hybridized carbons (Fsp3) is 0.400. The lowest BCUT2D eigenvalue weighted by molar-refractivity contribution is 0.0948. The molecule has 0 fully saturated rings. The van der Waals surface area contributed by atoms with Gasteiger partial charge in [0.05, 0.1) is 5.75 Å². The zero-order chi connectivity index (χ0) is 16.2. The van der Waals surface area contributed by atoms with Crippen LogP contribution in [0.15, 0.2) is 30.3 Å². The first-order chi connectivity index (χ1) is 10.4. The van der Waals surface area contributed by atoms with Crippen molar-refractivity contribution in [3.05, 3.63) is 36.0 Å². The molecule has 0 saturated carbocycles. The van der Waals surface area contributed by atoms with Crippen molar-refractivity contribution in [2.45, 2.75) is 13.3 Å². The Labute approximate surface area is 130 Å². The van der Waals surface area contributed by atoms with Crippen LogP contribution in [0.5, 0.6) is 0 Å². The van der Waals surface area contributed by atoms with Gasteiger partial charge in [0.2, 0.25) is 10.0 Å². The topological polar surface area (TPSA) is 82.3 Å². The molecule has 0 bridgehead atoms. The van der Waals surface area contributed by atoms with Crippen LogP contribution in [-0.2, 0) is 10.0 Å². The Morgan fingerprint density at radius 3 is 2.73 bits per heavy atom. The van der Waals surface area contributed by atoms with Gasteiger partial charge in [-0.1, -0.05) is 18.2 Å². The van der Waals surface area contributed by atoms with Gasteiger partial charge in [0, 0.05) is 31.0 Å². The Balaban J connectivity index is 1.83. The highest BCUT2D eigenvalue weighted by Crippen LogP contribution is 2.14. The third-order valence-corrected chi connectivity index (χ3v) is 5.41. The van der Waals surface area contributed by atoms with Gasteiger partial charge in [-0.2, -0.15) is 0 Å². The third-order valence-electron chi connectivity index (χ3n) is 3.55. The van der Waals surface area contributed by atoms with Crippen LogP contribution < -0.4 is 5.32 Å². The van der Waals surface area contributed by atoms with Crippen LogP contribution in [0.4, 0.5) is 0 Å². The smallest absolute Gasteiger partial charge is 0.267 e. The molecule has 7 heteroatoms. The summed E-state index contributed by atoms with van der Waals surface area (Å²) in [6.45, 7) is 2.43. The highest BCUT2D eigenvalue weighted by molar-refractivity contribution is 7.89. The molecule has 0 aliphatic heterocycles. The molecule has 1 amide bonds. The standard InChI is InChI=1S/C15H21N3O3S/c1-3-22(20,21)18(2)10-6-9-16-15(19)14-11-12-7-4-5-8-13(12)17-14/h4-5,7-8,11,17H,3,6,9-10H2,1-2H3,(H,16,19). The molecule has 22 heavy (non-hydrogen) atoms. The maximum Gasteiger partial charge on any atom is 0.267 e. The van der Waals surface area contributed by atoms with Crippen LogP contribution in [0.1, 0.15) is 23.8 Å². The van der Waals surface area contributed by atoms with Crippen LogP contribution >= 0.6 is 0 Å². The van der Waals surface area contributed by atoms with E-state index in [9.17, 15) is 13.2 Å². The SMILES string of the molecule is CCS(=O)(=O)N(C)CCCNC(=O)c1cc2ccccc2[nH]1. The monoisotopic (exact) mass is 323 g/mol. The second-order valence-electron chi connectivity index (χ2n) is 5.10. The van der Waals surface area contributed by atoms with E-state index in [1.54, 1.807) is 20.0 Å². The number of hydrogen-bond donors (Lipinski definition) is 2. The van der Waals surface area contributed by atoms with E-state index in [0.717, 1.165) is 10.9 Å². The molecule has 0 radical (unpaired) electrons. The lowest BCUT2D eigenvalue weighted by Crippen LogP contribution is -2.32. The van der Waals surface area contributed by atoms with Crippen molar-refractivity contribution in [3.63, 3.8) is 0 Å². The van der Waals surface area contributed by atoms with E-state index in [-0.39, 0.29) is 11.7 Å². The summed E-state index contributed by atoms with van der Waals surface area (Å²) >= 11 is 0. The van der Waals surface area contributed by atoms with Gasteiger partial charge in [0.15, 0.2) is 0 Å². The molecule has 0 aliphatic carbocycles. The molecule has 1 aromatic carbocycles. The van der Waals surface area contributed by atoms with E-state index >= 15 is 0 Å². The number of H-pyrrole nitrogens is 1. The molecule has 0 unspecified atom stereocenters. The maximum absolute atomic E-state index is 12.0. The van der Waals surface area contributed by atoms with Gasteiger partial charge in [-0.05, 0) is 25.5 Å². The number of carbonyl (C=O) groups is 1. The summed E-state index contributed by atoms with van der Waals surface area (Å²) in [5.41, 5.74) is 1.43. The van der Waals surface area contributed by atoms with E-state index in [4.69, 9.17) is 0 Å². The van der Waals surface area contributed by atoms with Crippen LogP contribution in [0.25, 0.3) is 10.9 Å². The van der Waals surface area contributed by atoms with Gasteiger partial charge in [-0.25, -0.2) is 12.7 Å². The lowest BCUT2D eigenvalue weighted by atomic mass is 10.2. The molecule has 2 rings (SSSR count). The fourth-order valence-corrected chi connectivity index (χ4v) is 3.00. The summed E-state index contributed by atoms with van der Waals surface area (Å²) in [5, 5.41) is 3.78. The summed E-state index contributed by atoms with van der Waals surface area (Å²) in [5.74, 6) is -0.0949. The van der Waals surface area contributed by atoms with E-state index in [1.807, 2.05) is 24.3 Å². The molecule has 0 aliphatic rings. The van der Waals surface area contributed by atoms with Crippen molar-refractivity contribution in [2.75, 3.05) is 25.9 Å². The number of sulfonamides is 1. The predicted octanol–water partition coefficient (Wildman–Crippen LogP) is 1.57. The van der Waals surface area contributed by atoms with Gasteiger partial charge in [0.1, 0.15) is 5.69 Å². The molecule has 120 valence electrons. The van der Waals surface area contributed by atoms with E-state index in [0.29, 0.717) is 25.2 Å². The molecule has 0 saturated heterocycles. The van der Waals surface area contributed by atoms with Gasteiger partial charge in [-0.3, -0.25) is 4.79 Å². The number of amides is 1. The van der Waals surface area contributed by atoms with E-state index in [2.05, 4.69) is 10.3 Å². The first-order valence-corrected chi connectivity index (χ1v) is 8.85. The number of fused-ring (bicyclic) bond motifs is 1. The van der Waals surface area contributed by atoms with Crippen molar-refractivity contribution >= 4 is 26.8 Å². The first-order valence-electron chi connectivity index (χ1n) is 7.24. The molecule has 2 N–H and O–H groups in total. The molecule has 0 atom stereocenters. The van der Waals surface area contributed by atoms with Crippen LogP contribution in [0.2, 0.25) is 0 Å². The minimum atomic E-state index is -3.15. The lowest BCUT2D eigenvalue weighted by Gasteiger charge is -2.15. The molecule has 1 heterocycles. The molecular formula is C15H21N3O3S. The van der Waals surface area contributed by atoms with Crippen molar-refractivity contribution in [1.29, 1.82) is 0 Å². The number of benzene rings is 1. The van der Waals surface area contributed by atoms with Crippen molar-refractivity contribution in [2.24, 2.45) is 0 Å². The number of aromatic nitrogens is 1. The number of para-hydroxylation sites is 1. The zero-order valence-electron chi connectivity index (χ0n) is 12.8. The Bertz CT molecular complexity index is 719. The number of nitrogens with zero attached hydrogens (tertiary/aromatic N) is 1. The highest BCUT2D eigenvalue weighted by atomic mass is 32.2. The minimum Gasteiger partial charge on any atom is -0.351 e. The highest BCUT2D eigenvalue weighted by Gasteiger charge is 2.14. The zero-order valence-corrected chi connectivity index (χ0v) is 13.6. The summed E-state index contributed by atoms with van der Waals surface area (Å²) in [6.07, 6.45) is 0.571. The minimum absolute atomic E-state index is 0.0882. The Hall–Kier alpha value is -1.86. The van der Waals surface area contributed by atoms with Gasteiger partial charge in [-0.15, -0.1) is 0 Å². The summed E-state index contributed by atoms with van der Waals surface area (Å²) in [6, 6.07) is 9.48. The molecule has 1 aromatic heterocycles. The second-order valence-corrected chi connectivity index (χ2v) is 7.47. The fourth-order valence-electron chi connectivity index (χ4n) is 2.15. The number of hydrogen-bond acceptors (Lipinski definition) is 3. The van der Waals surface area contributed by atoms with E-state index < -0.39 is 10.0 Å². The van der Waals surface area contributed by atoms with Crippen molar-refractivity contribution in [3.8, 4) is 0 Å². The van der Waals surface area contributed by atoms with Crippen LogP contribution in [0, 0.1) is 0 Å². The molecular weight excluding hydrogens is 302 g/mol. The summed E-state index contributed by atoms with van der Waals surface area (Å²) < 4.78 is 24.5. The Morgan fingerprint density at radius 2 is 2.05 bits per heavy atom. The normalized spacial score (nSPS) is 12.0. The van der Waals surface area contributed by atoms with Crippen LogP contribution in [-0.4, -0.2) is 49.5 Å². The predicted molar refractivity (Wildman–Crippen MR) is 87.3 cm³/mol. The Kier molecular flexibility index (Phi) is 5.20. The third kappa shape index (κ3) is 3.86. The van der Waals surface area contributed by atoms with E-state index in [1.165, 1.54) is 4.31 Å².